The van der Waals surface area contributed by atoms with E-state index in [-0.39, 0.29) is 5.78 Å². The SMILES string of the molecule is Cc1nnc(SCC(=O)c2cc(C)n(-c3ccccc3C)c2C)s1. The number of carbonyl (C=O) groups is 1. The summed E-state index contributed by atoms with van der Waals surface area (Å²) in [4.78, 5) is 12.6. The van der Waals surface area contributed by atoms with E-state index in [4.69, 9.17) is 0 Å². The molecular formula is C18H19N3OS2. The molecule has 0 amide bonds. The van der Waals surface area contributed by atoms with Crippen molar-refractivity contribution in [2.45, 2.75) is 32.0 Å². The van der Waals surface area contributed by atoms with Gasteiger partial charge in [-0.05, 0) is 45.4 Å². The van der Waals surface area contributed by atoms with Crippen LogP contribution >= 0.6 is 23.1 Å². The van der Waals surface area contributed by atoms with E-state index in [9.17, 15) is 4.79 Å². The molecule has 1 aromatic carbocycles. The van der Waals surface area contributed by atoms with Gasteiger partial charge in [-0.1, -0.05) is 41.3 Å². The number of aromatic nitrogens is 3. The molecule has 0 bridgehead atoms. The number of thioether (sulfide) groups is 1. The van der Waals surface area contributed by atoms with Crippen LogP contribution in [0.4, 0.5) is 0 Å². The molecule has 0 saturated heterocycles. The highest BCUT2D eigenvalue weighted by atomic mass is 32.2. The van der Waals surface area contributed by atoms with E-state index in [0.717, 1.165) is 32.0 Å². The number of hydrogen-bond donors (Lipinski definition) is 0. The lowest BCUT2D eigenvalue weighted by Crippen LogP contribution is -2.06. The lowest BCUT2D eigenvalue weighted by Gasteiger charge is -2.12. The van der Waals surface area contributed by atoms with Gasteiger partial charge in [0, 0.05) is 22.6 Å². The van der Waals surface area contributed by atoms with Gasteiger partial charge in [0.1, 0.15) is 5.01 Å². The highest BCUT2D eigenvalue weighted by molar-refractivity contribution is 8.01. The van der Waals surface area contributed by atoms with Crippen molar-refractivity contribution in [3.05, 3.63) is 57.9 Å². The molecular weight excluding hydrogens is 338 g/mol. The third-order valence-electron chi connectivity index (χ3n) is 3.92. The molecule has 0 aliphatic heterocycles. The molecule has 0 saturated carbocycles. The number of rotatable bonds is 5. The van der Waals surface area contributed by atoms with Crippen LogP contribution in [0.25, 0.3) is 5.69 Å². The molecule has 0 atom stereocenters. The van der Waals surface area contributed by atoms with E-state index in [1.807, 2.05) is 39.0 Å². The molecule has 0 N–H and O–H groups in total. The standard InChI is InChI=1S/C18H19N3OS2/c1-11-7-5-6-8-16(11)21-12(2)9-15(13(21)3)17(22)10-23-18-20-19-14(4)24-18/h5-9H,10H2,1-4H3. The van der Waals surface area contributed by atoms with Crippen LogP contribution in [0.5, 0.6) is 0 Å². The first-order valence-corrected chi connectivity index (χ1v) is 9.48. The van der Waals surface area contributed by atoms with Gasteiger partial charge in [-0.3, -0.25) is 4.79 Å². The summed E-state index contributed by atoms with van der Waals surface area (Å²) >= 11 is 2.97. The number of benzene rings is 1. The number of para-hydroxylation sites is 1. The smallest absolute Gasteiger partial charge is 0.174 e. The molecule has 3 rings (SSSR count). The van der Waals surface area contributed by atoms with Crippen LogP contribution in [0.2, 0.25) is 0 Å². The summed E-state index contributed by atoms with van der Waals surface area (Å²) < 4.78 is 3.00. The summed E-state index contributed by atoms with van der Waals surface area (Å²) in [6.45, 7) is 8.05. The Bertz CT molecular complexity index is 896. The highest BCUT2D eigenvalue weighted by Gasteiger charge is 2.18. The monoisotopic (exact) mass is 357 g/mol. The summed E-state index contributed by atoms with van der Waals surface area (Å²) in [5.41, 5.74) is 5.16. The van der Waals surface area contributed by atoms with E-state index in [1.165, 1.54) is 28.7 Å². The average molecular weight is 358 g/mol. The van der Waals surface area contributed by atoms with Crippen LogP contribution in [-0.2, 0) is 0 Å². The summed E-state index contributed by atoms with van der Waals surface area (Å²) in [5, 5.41) is 8.96. The predicted molar refractivity (Wildman–Crippen MR) is 99.7 cm³/mol. The van der Waals surface area contributed by atoms with Crippen molar-refractivity contribution in [2.75, 3.05) is 5.75 Å². The maximum atomic E-state index is 12.6. The Hall–Kier alpha value is -1.92. The first-order chi connectivity index (χ1) is 11.5. The van der Waals surface area contributed by atoms with Crippen LogP contribution in [0.15, 0.2) is 34.7 Å². The Morgan fingerprint density at radius 1 is 1.17 bits per heavy atom. The first-order valence-electron chi connectivity index (χ1n) is 7.68. The van der Waals surface area contributed by atoms with Gasteiger partial charge in [-0.2, -0.15) is 0 Å². The van der Waals surface area contributed by atoms with Gasteiger partial charge >= 0.3 is 0 Å². The Labute approximate surface area is 149 Å². The Morgan fingerprint density at radius 3 is 2.58 bits per heavy atom. The normalized spacial score (nSPS) is 11.0. The fourth-order valence-electron chi connectivity index (χ4n) is 2.77. The van der Waals surface area contributed by atoms with E-state index < -0.39 is 0 Å². The molecule has 3 aromatic rings. The summed E-state index contributed by atoms with van der Waals surface area (Å²) in [5.74, 6) is 0.507. The molecule has 0 unspecified atom stereocenters. The van der Waals surface area contributed by atoms with E-state index in [1.54, 1.807) is 0 Å². The lowest BCUT2D eigenvalue weighted by atomic mass is 10.1. The third-order valence-corrected chi connectivity index (χ3v) is 5.89. The second-order valence-corrected chi connectivity index (χ2v) is 8.11. The van der Waals surface area contributed by atoms with Crippen molar-refractivity contribution < 1.29 is 4.79 Å². The van der Waals surface area contributed by atoms with E-state index in [2.05, 4.69) is 33.8 Å². The van der Waals surface area contributed by atoms with Crippen molar-refractivity contribution in [2.24, 2.45) is 0 Å². The molecule has 0 aliphatic carbocycles. The maximum Gasteiger partial charge on any atom is 0.174 e. The second-order valence-electron chi connectivity index (χ2n) is 5.71. The van der Waals surface area contributed by atoms with E-state index in [0.29, 0.717) is 5.75 Å². The fraction of sp³-hybridized carbons (Fsp3) is 0.278. The zero-order valence-electron chi connectivity index (χ0n) is 14.2. The number of hydrogen-bond acceptors (Lipinski definition) is 5. The largest absolute Gasteiger partial charge is 0.318 e. The second kappa shape index (κ2) is 6.91. The number of ketones is 1. The maximum absolute atomic E-state index is 12.6. The van der Waals surface area contributed by atoms with Gasteiger partial charge in [0.2, 0.25) is 0 Å². The summed E-state index contributed by atoms with van der Waals surface area (Å²) in [6, 6.07) is 10.2. The number of aryl methyl sites for hydroxylation is 3. The highest BCUT2D eigenvalue weighted by Crippen LogP contribution is 2.26. The molecule has 0 radical (unpaired) electrons. The molecule has 0 fully saturated rings. The number of Topliss-reactive ketones (excluding diaryl/α,β-unsaturated/α-hetero) is 1. The molecule has 0 aliphatic rings. The third kappa shape index (κ3) is 3.30. The zero-order chi connectivity index (χ0) is 17.3. The predicted octanol–water partition coefficient (Wildman–Crippen LogP) is 4.54. The quantitative estimate of drug-likeness (QED) is 0.497. The van der Waals surface area contributed by atoms with Crippen molar-refractivity contribution in [1.29, 1.82) is 0 Å². The molecule has 24 heavy (non-hydrogen) atoms. The van der Waals surface area contributed by atoms with Crippen LogP contribution in [0.3, 0.4) is 0 Å². The summed E-state index contributed by atoms with van der Waals surface area (Å²) in [6.07, 6.45) is 0. The zero-order valence-corrected chi connectivity index (χ0v) is 15.8. The molecule has 6 heteroatoms. The van der Waals surface area contributed by atoms with Gasteiger partial charge in [-0.25, -0.2) is 0 Å². The molecule has 4 nitrogen and oxygen atoms in total. The van der Waals surface area contributed by atoms with E-state index >= 15 is 0 Å². The van der Waals surface area contributed by atoms with Gasteiger partial charge in [0.15, 0.2) is 10.1 Å². The van der Waals surface area contributed by atoms with Gasteiger partial charge in [-0.15, -0.1) is 10.2 Å². The minimum Gasteiger partial charge on any atom is -0.318 e. The number of carbonyl (C=O) groups excluding carboxylic acids is 1. The van der Waals surface area contributed by atoms with Crippen LogP contribution in [0.1, 0.15) is 32.3 Å². The van der Waals surface area contributed by atoms with Crippen molar-refractivity contribution in [3.8, 4) is 5.69 Å². The lowest BCUT2D eigenvalue weighted by molar-refractivity contribution is 0.102. The van der Waals surface area contributed by atoms with Crippen molar-refractivity contribution in [3.63, 3.8) is 0 Å². The minimum atomic E-state index is 0.126. The minimum absolute atomic E-state index is 0.126. The number of nitrogens with zero attached hydrogens (tertiary/aromatic N) is 3. The Kier molecular flexibility index (Phi) is 4.87. The average Bonchev–Trinajstić information content (AvgIpc) is 3.09. The molecule has 2 aromatic heterocycles. The van der Waals surface area contributed by atoms with Crippen LogP contribution < -0.4 is 0 Å². The first kappa shape index (κ1) is 16.9. The van der Waals surface area contributed by atoms with Crippen LogP contribution in [0, 0.1) is 27.7 Å². The van der Waals surface area contributed by atoms with Gasteiger partial charge in [0.05, 0.1) is 5.75 Å². The molecule has 124 valence electrons. The van der Waals surface area contributed by atoms with Gasteiger partial charge < -0.3 is 4.57 Å². The molecule has 0 spiro atoms. The van der Waals surface area contributed by atoms with Gasteiger partial charge in [0.25, 0.3) is 0 Å². The Morgan fingerprint density at radius 2 is 1.92 bits per heavy atom. The molecule has 2 heterocycles. The fourth-order valence-corrected chi connectivity index (χ4v) is 4.47. The summed E-state index contributed by atoms with van der Waals surface area (Å²) in [7, 11) is 0. The van der Waals surface area contributed by atoms with Crippen molar-refractivity contribution >= 4 is 28.9 Å². The van der Waals surface area contributed by atoms with Crippen LogP contribution in [-0.4, -0.2) is 26.3 Å². The van der Waals surface area contributed by atoms with Crippen molar-refractivity contribution in [1.82, 2.24) is 14.8 Å². The Balaban J connectivity index is 1.86. The topological polar surface area (TPSA) is 47.8 Å².